The van der Waals surface area contributed by atoms with Crippen LogP contribution in [-0.2, 0) is 14.8 Å². The molecule has 0 saturated carbocycles. The van der Waals surface area contributed by atoms with E-state index in [-0.39, 0.29) is 40.3 Å². The molecule has 11 heteroatoms. The number of benzene rings is 2. The van der Waals surface area contributed by atoms with Crippen molar-refractivity contribution in [3.63, 3.8) is 0 Å². The summed E-state index contributed by atoms with van der Waals surface area (Å²) in [4.78, 5) is 13.8. The SMILES string of the molecule is O=C(CN1CCN(S(=O)(=O)c2cccc(Cl)c2Cl)CC1)Nc1ccc(F)cc1F. The van der Waals surface area contributed by atoms with E-state index in [9.17, 15) is 22.0 Å². The van der Waals surface area contributed by atoms with Crippen LogP contribution in [0.2, 0.25) is 10.0 Å². The zero-order valence-corrected chi connectivity index (χ0v) is 17.4. The third-order valence-electron chi connectivity index (χ3n) is 4.44. The minimum Gasteiger partial charge on any atom is -0.322 e. The van der Waals surface area contributed by atoms with E-state index < -0.39 is 27.6 Å². The van der Waals surface area contributed by atoms with Crippen LogP contribution in [0.1, 0.15) is 0 Å². The Bertz CT molecular complexity index is 1030. The maximum absolute atomic E-state index is 13.6. The maximum Gasteiger partial charge on any atom is 0.244 e. The van der Waals surface area contributed by atoms with E-state index in [1.165, 1.54) is 22.5 Å². The van der Waals surface area contributed by atoms with Gasteiger partial charge in [0.05, 0.1) is 22.3 Å². The van der Waals surface area contributed by atoms with Crippen molar-refractivity contribution < 1.29 is 22.0 Å². The first-order chi connectivity index (χ1) is 13.7. The van der Waals surface area contributed by atoms with Crippen molar-refractivity contribution in [3.05, 3.63) is 58.1 Å². The van der Waals surface area contributed by atoms with Crippen LogP contribution < -0.4 is 5.32 Å². The second kappa shape index (κ2) is 8.93. The summed E-state index contributed by atoms with van der Waals surface area (Å²) < 4.78 is 53.5. The fourth-order valence-corrected chi connectivity index (χ4v) is 5.09. The van der Waals surface area contributed by atoms with Crippen LogP contribution in [0.4, 0.5) is 14.5 Å². The van der Waals surface area contributed by atoms with Crippen LogP contribution in [-0.4, -0.2) is 56.3 Å². The summed E-state index contributed by atoms with van der Waals surface area (Å²) in [5.74, 6) is -2.09. The largest absolute Gasteiger partial charge is 0.322 e. The lowest BCUT2D eigenvalue weighted by Crippen LogP contribution is -2.50. The maximum atomic E-state index is 13.6. The molecule has 1 aliphatic rings. The van der Waals surface area contributed by atoms with Gasteiger partial charge in [-0.15, -0.1) is 0 Å². The summed E-state index contributed by atoms with van der Waals surface area (Å²) in [6.07, 6.45) is 0. The predicted octanol–water partition coefficient (Wildman–Crippen LogP) is 3.22. The van der Waals surface area contributed by atoms with Crippen molar-refractivity contribution in [2.75, 3.05) is 38.0 Å². The van der Waals surface area contributed by atoms with Crippen LogP contribution in [0.25, 0.3) is 0 Å². The van der Waals surface area contributed by atoms with Gasteiger partial charge in [-0.05, 0) is 24.3 Å². The average molecular weight is 464 g/mol. The van der Waals surface area contributed by atoms with Gasteiger partial charge in [0.25, 0.3) is 0 Å². The van der Waals surface area contributed by atoms with Crippen molar-refractivity contribution >= 4 is 44.8 Å². The first kappa shape index (κ1) is 21.9. The molecule has 0 atom stereocenters. The van der Waals surface area contributed by atoms with Crippen LogP contribution in [0, 0.1) is 11.6 Å². The number of hydrogen-bond acceptors (Lipinski definition) is 4. The Morgan fingerprint density at radius 2 is 1.76 bits per heavy atom. The Morgan fingerprint density at radius 3 is 2.41 bits per heavy atom. The number of hydrogen-bond donors (Lipinski definition) is 1. The highest BCUT2D eigenvalue weighted by Crippen LogP contribution is 2.31. The first-order valence-corrected chi connectivity index (χ1v) is 10.8. The lowest BCUT2D eigenvalue weighted by molar-refractivity contribution is -0.117. The lowest BCUT2D eigenvalue weighted by atomic mass is 10.3. The molecule has 29 heavy (non-hydrogen) atoms. The zero-order valence-electron chi connectivity index (χ0n) is 15.0. The number of carbonyl (C=O) groups is 1. The van der Waals surface area contributed by atoms with E-state index in [1.54, 1.807) is 4.90 Å². The molecule has 0 spiro atoms. The number of halogens is 4. The molecular formula is C18H17Cl2F2N3O3S. The van der Waals surface area contributed by atoms with E-state index in [0.717, 1.165) is 12.1 Å². The van der Waals surface area contributed by atoms with Gasteiger partial charge in [-0.3, -0.25) is 9.69 Å². The molecule has 3 rings (SSSR count). The van der Waals surface area contributed by atoms with Crippen molar-refractivity contribution in [2.45, 2.75) is 4.90 Å². The van der Waals surface area contributed by atoms with Gasteiger partial charge < -0.3 is 5.32 Å². The standard InChI is InChI=1S/C18H17Cl2F2N3O3S/c19-13-2-1-3-16(18(13)20)29(27,28)25-8-6-24(7-9-25)11-17(26)23-15-5-4-12(21)10-14(15)22/h1-5,10H,6-9,11H2,(H,23,26). The zero-order chi connectivity index (χ0) is 21.2. The number of nitrogens with one attached hydrogen (secondary N) is 1. The van der Waals surface area contributed by atoms with Gasteiger partial charge in [0, 0.05) is 32.2 Å². The van der Waals surface area contributed by atoms with Crippen LogP contribution in [0.5, 0.6) is 0 Å². The van der Waals surface area contributed by atoms with E-state index >= 15 is 0 Å². The fourth-order valence-electron chi connectivity index (χ4n) is 2.93. The smallest absolute Gasteiger partial charge is 0.244 e. The number of anilines is 1. The number of sulfonamides is 1. The number of carbonyl (C=O) groups excluding carboxylic acids is 1. The van der Waals surface area contributed by atoms with Gasteiger partial charge in [-0.2, -0.15) is 4.31 Å². The monoisotopic (exact) mass is 463 g/mol. The highest BCUT2D eigenvalue weighted by Gasteiger charge is 2.31. The third-order valence-corrected chi connectivity index (χ3v) is 7.31. The lowest BCUT2D eigenvalue weighted by Gasteiger charge is -2.33. The van der Waals surface area contributed by atoms with E-state index in [0.29, 0.717) is 19.2 Å². The molecule has 0 aliphatic carbocycles. The second-order valence-electron chi connectivity index (χ2n) is 6.40. The van der Waals surface area contributed by atoms with Gasteiger partial charge in [0.15, 0.2) is 0 Å². The normalized spacial score (nSPS) is 16.0. The molecule has 1 heterocycles. The van der Waals surface area contributed by atoms with Crippen molar-refractivity contribution in [1.29, 1.82) is 0 Å². The van der Waals surface area contributed by atoms with Crippen LogP contribution >= 0.6 is 23.2 Å². The minimum atomic E-state index is -3.82. The minimum absolute atomic E-state index is 0.0303. The van der Waals surface area contributed by atoms with E-state index in [2.05, 4.69) is 5.32 Å². The Morgan fingerprint density at radius 1 is 1.07 bits per heavy atom. The molecule has 0 unspecified atom stereocenters. The number of nitrogens with zero attached hydrogens (tertiary/aromatic N) is 2. The highest BCUT2D eigenvalue weighted by molar-refractivity contribution is 7.89. The van der Waals surface area contributed by atoms with Gasteiger partial charge in [-0.1, -0.05) is 29.3 Å². The Kier molecular flexibility index (Phi) is 6.75. The molecule has 1 aliphatic heterocycles. The molecule has 1 amide bonds. The van der Waals surface area contributed by atoms with Gasteiger partial charge >= 0.3 is 0 Å². The summed E-state index contributed by atoms with van der Waals surface area (Å²) in [6.45, 7) is 0.864. The number of rotatable bonds is 5. The molecule has 1 N–H and O–H groups in total. The van der Waals surface area contributed by atoms with Crippen molar-refractivity contribution in [1.82, 2.24) is 9.21 Å². The van der Waals surface area contributed by atoms with Crippen molar-refractivity contribution in [2.24, 2.45) is 0 Å². The Balaban J connectivity index is 1.59. The fraction of sp³-hybridized carbons (Fsp3) is 0.278. The molecule has 2 aromatic rings. The quantitative estimate of drug-likeness (QED) is 0.738. The second-order valence-corrected chi connectivity index (χ2v) is 9.10. The van der Waals surface area contributed by atoms with Crippen molar-refractivity contribution in [3.8, 4) is 0 Å². The number of amides is 1. The predicted molar refractivity (Wildman–Crippen MR) is 107 cm³/mol. The summed E-state index contributed by atoms with van der Waals surface area (Å²) in [5, 5.41) is 2.50. The molecule has 1 saturated heterocycles. The van der Waals surface area contributed by atoms with Crippen LogP contribution in [0.15, 0.2) is 41.3 Å². The Labute approximate surface area is 177 Å². The summed E-state index contributed by atoms with van der Waals surface area (Å²) >= 11 is 11.9. The summed E-state index contributed by atoms with van der Waals surface area (Å²) in [6, 6.07) is 7.27. The number of piperazine rings is 1. The highest BCUT2D eigenvalue weighted by atomic mass is 35.5. The first-order valence-electron chi connectivity index (χ1n) is 8.60. The summed E-state index contributed by atoms with van der Waals surface area (Å²) in [7, 11) is -3.82. The molecule has 1 fully saturated rings. The molecule has 0 bridgehead atoms. The molecule has 156 valence electrons. The molecular weight excluding hydrogens is 447 g/mol. The molecule has 0 radical (unpaired) electrons. The molecule has 6 nitrogen and oxygen atoms in total. The molecule has 2 aromatic carbocycles. The Hall–Kier alpha value is -1.78. The van der Waals surface area contributed by atoms with Gasteiger partial charge in [0.2, 0.25) is 15.9 Å². The summed E-state index contributed by atoms with van der Waals surface area (Å²) in [5.41, 5.74) is -0.117. The third kappa shape index (κ3) is 5.04. The van der Waals surface area contributed by atoms with E-state index in [1.807, 2.05) is 0 Å². The average Bonchev–Trinajstić information content (AvgIpc) is 2.66. The topological polar surface area (TPSA) is 69.7 Å². The van der Waals surface area contributed by atoms with Gasteiger partial charge in [-0.25, -0.2) is 17.2 Å². The van der Waals surface area contributed by atoms with E-state index in [4.69, 9.17) is 23.2 Å². The van der Waals surface area contributed by atoms with Gasteiger partial charge in [0.1, 0.15) is 16.5 Å². The molecule has 0 aromatic heterocycles. The van der Waals surface area contributed by atoms with Crippen LogP contribution in [0.3, 0.4) is 0 Å².